The Bertz CT molecular complexity index is 1530. The Kier molecular flexibility index (Phi) is 66.2. The number of esters is 3. The van der Waals surface area contributed by atoms with Gasteiger partial charge < -0.3 is 14.2 Å². The number of carbonyl (C=O) groups is 3. The molecule has 0 spiro atoms. The summed E-state index contributed by atoms with van der Waals surface area (Å²) >= 11 is 0. The van der Waals surface area contributed by atoms with Gasteiger partial charge in [0.1, 0.15) is 13.2 Å². The molecule has 6 heteroatoms. The number of rotatable bonds is 64. The minimum absolute atomic E-state index is 0.0736. The Balaban J connectivity index is 4.14. The van der Waals surface area contributed by atoms with Gasteiger partial charge in [-0.3, -0.25) is 14.4 Å². The molecule has 0 aliphatic heterocycles. The van der Waals surface area contributed by atoms with E-state index >= 15 is 0 Å². The molecule has 0 aromatic heterocycles. The number of hydrogen-bond acceptors (Lipinski definition) is 6. The van der Waals surface area contributed by atoms with Gasteiger partial charge in [-0.05, 0) is 96.3 Å². The van der Waals surface area contributed by atoms with Crippen molar-refractivity contribution in [3.8, 4) is 0 Å². The summed E-state index contributed by atoms with van der Waals surface area (Å²) in [4.78, 5) is 38.3. The summed E-state index contributed by atoms with van der Waals surface area (Å²) in [6.45, 7) is 6.54. The second-order valence-corrected chi connectivity index (χ2v) is 23.4. The van der Waals surface area contributed by atoms with Crippen LogP contribution in [0, 0.1) is 0 Å². The van der Waals surface area contributed by atoms with Crippen molar-refractivity contribution in [1.82, 2.24) is 0 Å². The average Bonchev–Trinajstić information content (AvgIpc) is 3.47. The van der Waals surface area contributed by atoms with Crippen LogP contribution in [0.3, 0.4) is 0 Å². The van der Waals surface area contributed by atoms with Gasteiger partial charge in [-0.15, -0.1) is 0 Å². The van der Waals surface area contributed by atoms with E-state index in [9.17, 15) is 14.4 Å². The van der Waals surface area contributed by atoms with Gasteiger partial charge in [0.25, 0.3) is 0 Å². The van der Waals surface area contributed by atoms with Crippen LogP contribution < -0.4 is 0 Å². The Morgan fingerprint density at radius 3 is 0.753 bits per heavy atom. The molecule has 0 aliphatic rings. The zero-order valence-electron chi connectivity index (χ0n) is 53.8. The lowest BCUT2D eigenvalue weighted by molar-refractivity contribution is -0.167. The molecule has 0 heterocycles. The predicted octanol–water partition coefficient (Wildman–Crippen LogP) is 24.2. The SMILES string of the molecule is CC/C=C\C/C=C\C/C=C\C/C=C\CCCCCCCCCCCCCCCCCCC(=O)OCC(COC(=O)CCCCCCCCCCC)OC(=O)CCCCCCCCCCCC/C=C\C/C=C\C/C=C\CCCCCCC. The van der Waals surface area contributed by atoms with Crippen LogP contribution in [0.15, 0.2) is 85.1 Å². The van der Waals surface area contributed by atoms with E-state index in [4.69, 9.17) is 14.2 Å². The molecule has 1 unspecified atom stereocenters. The van der Waals surface area contributed by atoms with Gasteiger partial charge in [-0.25, -0.2) is 0 Å². The average molecular weight is 1130 g/mol. The fraction of sp³-hybridized carbons (Fsp3) is 0.773. The number of unbranched alkanes of at least 4 members (excludes halogenated alkanes) is 39. The van der Waals surface area contributed by atoms with Crippen molar-refractivity contribution >= 4 is 17.9 Å². The first-order valence-electron chi connectivity index (χ1n) is 35.1. The highest BCUT2D eigenvalue weighted by atomic mass is 16.6. The van der Waals surface area contributed by atoms with Crippen molar-refractivity contribution in [3.05, 3.63) is 85.1 Å². The van der Waals surface area contributed by atoms with E-state index < -0.39 is 6.10 Å². The van der Waals surface area contributed by atoms with E-state index in [2.05, 4.69) is 106 Å². The summed E-state index contributed by atoms with van der Waals surface area (Å²) in [5.74, 6) is -0.863. The van der Waals surface area contributed by atoms with Gasteiger partial charge in [0.05, 0.1) is 0 Å². The van der Waals surface area contributed by atoms with Crippen LogP contribution >= 0.6 is 0 Å². The van der Waals surface area contributed by atoms with Crippen molar-refractivity contribution in [2.45, 2.75) is 361 Å². The van der Waals surface area contributed by atoms with Gasteiger partial charge in [-0.2, -0.15) is 0 Å². The monoisotopic (exact) mass is 1130 g/mol. The van der Waals surface area contributed by atoms with Gasteiger partial charge in [0.2, 0.25) is 0 Å². The third kappa shape index (κ3) is 67.3. The van der Waals surface area contributed by atoms with E-state index in [1.807, 2.05) is 0 Å². The summed E-state index contributed by atoms with van der Waals surface area (Å²) < 4.78 is 16.9. The topological polar surface area (TPSA) is 78.9 Å². The van der Waals surface area contributed by atoms with E-state index in [1.165, 1.54) is 218 Å². The number of ether oxygens (including phenoxy) is 3. The molecule has 0 radical (unpaired) electrons. The third-order valence-corrected chi connectivity index (χ3v) is 15.4. The largest absolute Gasteiger partial charge is 0.462 e. The standard InChI is InChI=1S/C75H132O6/c1-4-7-10-13-16-19-21-23-25-27-29-31-33-35-36-37-38-40-41-43-45-47-49-51-53-56-59-62-65-68-74(77)80-71-72(70-79-73(76)67-64-61-58-55-18-15-12-9-6-3)81-75(78)69-66-63-60-57-54-52-50-48-46-44-42-39-34-32-30-28-26-24-22-20-17-14-11-8-5-2/h7,10,16,19,22-25,28-31,34,39,72H,4-6,8-9,11-15,17-18,20-21,26-27,32-33,35-38,40-71H2,1-3H3/b10-7-,19-16-,24-22-,25-23-,30-28-,31-29-,39-34-. The summed E-state index contributed by atoms with van der Waals surface area (Å²) in [5, 5.41) is 0. The van der Waals surface area contributed by atoms with Crippen LogP contribution in [0.4, 0.5) is 0 Å². The molecule has 0 bridgehead atoms. The van der Waals surface area contributed by atoms with Gasteiger partial charge in [0, 0.05) is 19.3 Å². The number of hydrogen-bond donors (Lipinski definition) is 0. The van der Waals surface area contributed by atoms with E-state index in [0.717, 1.165) is 96.3 Å². The van der Waals surface area contributed by atoms with Gasteiger partial charge in [0.15, 0.2) is 6.10 Å². The highest BCUT2D eigenvalue weighted by Crippen LogP contribution is 2.17. The molecule has 0 saturated carbocycles. The van der Waals surface area contributed by atoms with Crippen molar-refractivity contribution in [2.75, 3.05) is 13.2 Å². The Morgan fingerprint density at radius 2 is 0.481 bits per heavy atom. The number of carbonyl (C=O) groups excluding carboxylic acids is 3. The van der Waals surface area contributed by atoms with E-state index in [-0.39, 0.29) is 31.1 Å². The second kappa shape index (κ2) is 69.1. The van der Waals surface area contributed by atoms with E-state index in [1.54, 1.807) is 0 Å². The van der Waals surface area contributed by atoms with Crippen LogP contribution in [-0.2, 0) is 28.6 Å². The van der Waals surface area contributed by atoms with Crippen molar-refractivity contribution in [1.29, 1.82) is 0 Å². The molecule has 81 heavy (non-hydrogen) atoms. The van der Waals surface area contributed by atoms with Crippen LogP contribution in [0.5, 0.6) is 0 Å². The molecule has 1 atom stereocenters. The maximum Gasteiger partial charge on any atom is 0.306 e. The molecule has 0 aromatic carbocycles. The maximum absolute atomic E-state index is 12.9. The number of allylic oxidation sites excluding steroid dienone is 14. The minimum atomic E-state index is -0.776. The molecule has 0 saturated heterocycles. The molecular formula is C75H132O6. The fourth-order valence-electron chi connectivity index (χ4n) is 10.2. The van der Waals surface area contributed by atoms with Crippen LogP contribution in [0.2, 0.25) is 0 Å². The van der Waals surface area contributed by atoms with Crippen LogP contribution in [-0.4, -0.2) is 37.2 Å². The Morgan fingerprint density at radius 1 is 0.259 bits per heavy atom. The summed E-state index contributed by atoms with van der Waals surface area (Å²) in [6.07, 6.45) is 91.9. The van der Waals surface area contributed by atoms with Crippen molar-refractivity contribution in [3.63, 3.8) is 0 Å². The minimum Gasteiger partial charge on any atom is -0.462 e. The van der Waals surface area contributed by atoms with E-state index in [0.29, 0.717) is 19.3 Å². The lowest BCUT2D eigenvalue weighted by Crippen LogP contribution is -2.30. The molecule has 0 N–H and O–H groups in total. The molecular weight excluding hydrogens is 997 g/mol. The quantitative estimate of drug-likeness (QED) is 0.0261. The molecule has 6 nitrogen and oxygen atoms in total. The first kappa shape index (κ1) is 77.6. The van der Waals surface area contributed by atoms with Gasteiger partial charge in [-0.1, -0.05) is 324 Å². The lowest BCUT2D eigenvalue weighted by Gasteiger charge is -2.18. The molecule has 0 fully saturated rings. The lowest BCUT2D eigenvalue weighted by atomic mass is 10.0. The smallest absolute Gasteiger partial charge is 0.306 e. The molecule has 0 amide bonds. The zero-order chi connectivity index (χ0) is 58.5. The fourth-order valence-corrected chi connectivity index (χ4v) is 10.2. The molecule has 0 rings (SSSR count). The van der Waals surface area contributed by atoms with Crippen LogP contribution in [0.1, 0.15) is 355 Å². The zero-order valence-corrected chi connectivity index (χ0v) is 53.8. The Hall–Kier alpha value is -3.41. The van der Waals surface area contributed by atoms with Crippen LogP contribution in [0.25, 0.3) is 0 Å². The molecule has 0 aromatic rings. The summed E-state index contributed by atoms with van der Waals surface area (Å²) in [6, 6.07) is 0. The highest BCUT2D eigenvalue weighted by molar-refractivity contribution is 5.71. The highest BCUT2D eigenvalue weighted by Gasteiger charge is 2.19. The molecule has 0 aliphatic carbocycles. The first-order chi connectivity index (χ1) is 40.0. The Labute approximate surface area is 503 Å². The summed E-state index contributed by atoms with van der Waals surface area (Å²) in [5.41, 5.74) is 0. The first-order valence-corrected chi connectivity index (χ1v) is 35.1. The second-order valence-electron chi connectivity index (χ2n) is 23.4. The maximum atomic E-state index is 12.9. The van der Waals surface area contributed by atoms with Gasteiger partial charge >= 0.3 is 17.9 Å². The predicted molar refractivity (Wildman–Crippen MR) is 353 cm³/mol. The third-order valence-electron chi connectivity index (χ3n) is 15.4. The van der Waals surface area contributed by atoms with Crippen molar-refractivity contribution in [2.24, 2.45) is 0 Å². The van der Waals surface area contributed by atoms with Crippen molar-refractivity contribution < 1.29 is 28.6 Å². The summed E-state index contributed by atoms with van der Waals surface area (Å²) in [7, 11) is 0. The molecule has 468 valence electrons. The normalized spacial score (nSPS) is 12.6.